The Morgan fingerprint density at radius 3 is 1.93 bits per heavy atom. The highest BCUT2D eigenvalue weighted by molar-refractivity contribution is 5.73. The third kappa shape index (κ3) is 4.58. The number of carbonyl (C=O) groups excluding carboxylic acids is 1. The van der Waals surface area contributed by atoms with E-state index in [2.05, 4.69) is 0 Å². The highest BCUT2D eigenvalue weighted by Gasteiger charge is 2.57. The van der Waals surface area contributed by atoms with Crippen LogP contribution in [0.2, 0.25) is 0 Å². The van der Waals surface area contributed by atoms with Crippen molar-refractivity contribution in [1.29, 1.82) is 0 Å². The van der Waals surface area contributed by atoms with Gasteiger partial charge in [0, 0.05) is 12.5 Å². The van der Waals surface area contributed by atoms with E-state index in [0.717, 1.165) is 49.4 Å². The van der Waals surface area contributed by atoms with Crippen LogP contribution in [0.4, 0.5) is 30.7 Å². The molecule has 0 fully saturated rings. The summed E-state index contributed by atoms with van der Waals surface area (Å²) in [4.78, 5) is 10.9. The summed E-state index contributed by atoms with van der Waals surface area (Å²) in [6.07, 6.45) is -9.87. The summed E-state index contributed by atoms with van der Waals surface area (Å²) < 4.78 is 92.6. The van der Waals surface area contributed by atoms with Gasteiger partial charge in [0.25, 0.3) is 0 Å². The van der Waals surface area contributed by atoms with E-state index < -0.39 is 41.6 Å². The summed E-state index contributed by atoms with van der Waals surface area (Å²) in [5, 5.41) is 1.80. The van der Waals surface area contributed by atoms with Gasteiger partial charge in [-0.05, 0) is 23.3 Å². The largest absolute Gasteiger partial charge is 0.428 e. The maximum atomic E-state index is 14.7. The van der Waals surface area contributed by atoms with E-state index in [0.29, 0.717) is 0 Å². The Bertz CT molecular complexity index is 812. The molecule has 0 bridgehead atoms. The smallest absolute Gasteiger partial charge is 0.352 e. The molecular weight excluding hydrogens is 379 g/mol. The molecular formula is C18H14F7NO. The molecule has 0 saturated heterocycles. The van der Waals surface area contributed by atoms with Gasteiger partial charge < -0.3 is 5.32 Å². The Morgan fingerprint density at radius 1 is 0.852 bits per heavy atom. The molecule has 0 aliphatic rings. The van der Waals surface area contributed by atoms with Crippen LogP contribution in [0.1, 0.15) is 18.1 Å². The van der Waals surface area contributed by atoms with Crippen LogP contribution in [0.15, 0.2) is 48.5 Å². The second-order valence-electron chi connectivity index (χ2n) is 5.86. The lowest BCUT2D eigenvalue weighted by atomic mass is 9.92. The van der Waals surface area contributed by atoms with E-state index in [1.165, 1.54) is 6.07 Å². The first-order chi connectivity index (χ1) is 12.3. The number of rotatable bonds is 4. The van der Waals surface area contributed by atoms with Crippen molar-refractivity contribution in [3.63, 3.8) is 0 Å². The van der Waals surface area contributed by atoms with Crippen LogP contribution in [0.25, 0.3) is 11.1 Å². The van der Waals surface area contributed by atoms with Gasteiger partial charge in [0.2, 0.25) is 11.6 Å². The van der Waals surface area contributed by atoms with Gasteiger partial charge in [-0.2, -0.15) is 26.3 Å². The minimum absolute atomic E-state index is 0.120. The summed E-state index contributed by atoms with van der Waals surface area (Å²) in [6, 6.07) is 8.10. The fraction of sp³-hybridized carbons (Fsp3) is 0.278. The minimum atomic E-state index is -5.30. The predicted molar refractivity (Wildman–Crippen MR) is 84.4 cm³/mol. The first-order valence-corrected chi connectivity index (χ1v) is 7.63. The molecule has 146 valence electrons. The second kappa shape index (κ2) is 7.21. The van der Waals surface area contributed by atoms with Crippen molar-refractivity contribution in [3.05, 3.63) is 59.7 Å². The first kappa shape index (κ1) is 20.7. The quantitative estimate of drug-likeness (QED) is 0.708. The SMILES string of the molecule is CC(=O)NC[C@@](F)(c1ccc(-c2cccc(C(F)(F)F)c2)cc1)C(F)(F)F. The van der Waals surface area contributed by atoms with Crippen molar-refractivity contribution in [2.75, 3.05) is 6.54 Å². The Labute approximate surface area is 150 Å². The van der Waals surface area contributed by atoms with Crippen molar-refractivity contribution in [2.24, 2.45) is 0 Å². The molecule has 0 radical (unpaired) electrons. The van der Waals surface area contributed by atoms with Crippen molar-refractivity contribution in [3.8, 4) is 11.1 Å². The van der Waals surface area contributed by atoms with Crippen LogP contribution >= 0.6 is 0 Å². The van der Waals surface area contributed by atoms with Gasteiger partial charge in [0.15, 0.2) is 0 Å². The van der Waals surface area contributed by atoms with Crippen LogP contribution in [0.5, 0.6) is 0 Å². The average Bonchev–Trinajstić information content (AvgIpc) is 2.58. The van der Waals surface area contributed by atoms with Crippen LogP contribution in [-0.2, 0) is 16.6 Å². The lowest BCUT2D eigenvalue weighted by Crippen LogP contribution is -2.47. The molecule has 0 spiro atoms. The Balaban J connectivity index is 2.39. The predicted octanol–water partition coefficient (Wildman–Crippen LogP) is 5.24. The molecule has 2 nitrogen and oxygen atoms in total. The molecule has 9 heteroatoms. The molecule has 1 amide bonds. The number of carbonyl (C=O) groups is 1. The number of hydrogen-bond donors (Lipinski definition) is 1. The monoisotopic (exact) mass is 393 g/mol. The van der Waals surface area contributed by atoms with Crippen LogP contribution < -0.4 is 5.32 Å². The number of amides is 1. The highest BCUT2D eigenvalue weighted by atomic mass is 19.4. The zero-order valence-electron chi connectivity index (χ0n) is 13.9. The summed E-state index contributed by atoms with van der Waals surface area (Å²) >= 11 is 0. The molecule has 1 atom stereocenters. The topological polar surface area (TPSA) is 29.1 Å². The first-order valence-electron chi connectivity index (χ1n) is 7.63. The highest BCUT2D eigenvalue weighted by Crippen LogP contribution is 2.42. The van der Waals surface area contributed by atoms with E-state index >= 15 is 0 Å². The van der Waals surface area contributed by atoms with Gasteiger partial charge in [0.05, 0.1) is 12.1 Å². The molecule has 0 unspecified atom stereocenters. The molecule has 0 saturated carbocycles. The Morgan fingerprint density at radius 2 is 1.44 bits per heavy atom. The number of halogens is 7. The van der Waals surface area contributed by atoms with Crippen molar-refractivity contribution in [2.45, 2.75) is 24.9 Å². The fourth-order valence-electron chi connectivity index (χ4n) is 2.41. The Hall–Kier alpha value is -2.58. The van der Waals surface area contributed by atoms with Crippen LogP contribution in [0, 0.1) is 0 Å². The molecule has 0 aromatic heterocycles. The Kier molecular flexibility index (Phi) is 5.53. The van der Waals surface area contributed by atoms with Gasteiger partial charge in [-0.1, -0.05) is 36.4 Å². The fourth-order valence-corrected chi connectivity index (χ4v) is 2.41. The van der Waals surface area contributed by atoms with E-state index in [-0.39, 0.29) is 11.1 Å². The molecule has 27 heavy (non-hydrogen) atoms. The van der Waals surface area contributed by atoms with Crippen molar-refractivity contribution in [1.82, 2.24) is 5.32 Å². The minimum Gasteiger partial charge on any atom is -0.352 e. The maximum absolute atomic E-state index is 14.7. The number of hydrogen-bond acceptors (Lipinski definition) is 1. The summed E-state index contributed by atoms with van der Waals surface area (Å²) in [5.41, 5.74) is -5.20. The van der Waals surface area contributed by atoms with Crippen LogP contribution in [0.3, 0.4) is 0 Å². The van der Waals surface area contributed by atoms with Crippen molar-refractivity contribution < 1.29 is 35.5 Å². The molecule has 0 aliphatic heterocycles. The molecule has 2 rings (SSSR count). The average molecular weight is 393 g/mol. The summed E-state index contributed by atoms with van der Waals surface area (Å²) in [6.45, 7) is -0.359. The summed E-state index contributed by atoms with van der Waals surface area (Å²) in [7, 11) is 0. The van der Waals surface area contributed by atoms with Gasteiger partial charge >= 0.3 is 12.4 Å². The zero-order valence-corrected chi connectivity index (χ0v) is 13.9. The van der Waals surface area contributed by atoms with E-state index in [4.69, 9.17) is 0 Å². The molecule has 2 aromatic rings. The van der Waals surface area contributed by atoms with Crippen LogP contribution in [-0.4, -0.2) is 18.6 Å². The molecule has 0 aliphatic carbocycles. The number of alkyl halides is 7. The lowest BCUT2D eigenvalue weighted by molar-refractivity contribution is -0.233. The third-order valence-electron chi connectivity index (χ3n) is 3.90. The van der Waals surface area contributed by atoms with Gasteiger partial charge in [-0.25, -0.2) is 4.39 Å². The summed E-state index contributed by atoms with van der Waals surface area (Å²) in [5.74, 6) is -0.832. The van der Waals surface area contributed by atoms with Gasteiger partial charge in [-0.15, -0.1) is 0 Å². The normalized spacial score (nSPS) is 14.5. The van der Waals surface area contributed by atoms with E-state index in [9.17, 15) is 35.5 Å². The molecule has 2 aromatic carbocycles. The van der Waals surface area contributed by atoms with E-state index in [1.54, 1.807) is 5.32 Å². The van der Waals surface area contributed by atoms with Gasteiger partial charge in [0.1, 0.15) is 0 Å². The molecule has 0 heterocycles. The standard InChI is InChI=1S/C18H14F7NO/c1-11(27)26-10-16(19,18(23,24)25)14-7-5-12(6-8-14)13-3-2-4-15(9-13)17(20,21)22/h2-9H,10H2,1H3,(H,26,27)/t16-/m1/s1. The van der Waals surface area contributed by atoms with Gasteiger partial charge in [-0.3, -0.25) is 4.79 Å². The van der Waals surface area contributed by atoms with E-state index in [1.807, 2.05) is 0 Å². The lowest BCUT2D eigenvalue weighted by Gasteiger charge is -2.28. The number of benzene rings is 2. The second-order valence-corrected chi connectivity index (χ2v) is 5.86. The zero-order chi connectivity index (χ0) is 20.5. The maximum Gasteiger partial charge on any atom is 0.428 e. The third-order valence-corrected chi connectivity index (χ3v) is 3.90. The molecule has 1 N–H and O–H groups in total. The van der Waals surface area contributed by atoms with Crippen molar-refractivity contribution >= 4 is 5.91 Å². The number of nitrogens with one attached hydrogen (secondary N) is 1.